The van der Waals surface area contributed by atoms with Gasteiger partial charge in [-0.15, -0.1) is 0 Å². The van der Waals surface area contributed by atoms with Crippen LogP contribution in [0.15, 0.2) is 30.3 Å². The maximum atomic E-state index is 11.0. The number of benzene rings is 1. The molecule has 0 aromatic heterocycles. The van der Waals surface area contributed by atoms with Gasteiger partial charge in [0.05, 0.1) is 0 Å². The van der Waals surface area contributed by atoms with Crippen LogP contribution < -0.4 is 10.5 Å². The molecular weight excluding hydrogens is 177 g/mol. The number of esters is 1. The molecule has 3 nitrogen and oxygen atoms in total. The van der Waals surface area contributed by atoms with Crippen LogP contribution in [0.3, 0.4) is 0 Å². The van der Waals surface area contributed by atoms with Crippen molar-refractivity contribution < 1.29 is 9.53 Å². The van der Waals surface area contributed by atoms with Gasteiger partial charge < -0.3 is 10.5 Å². The average Bonchev–Trinajstić information content (AvgIpc) is 2.06. The van der Waals surface area contributed by atoms with E-state index in [1.165, 1.54) is 0 Å². The summed E-state index contributed by atoms with van der Waals surface area (Å²) in [4.78, 5) is 11.0. The molecule has 66 valence electrons. The summed E-state index contributed by atoms with van der Waals surface area (Å²) in [6.07, 6.45) is 0. The molecule has 0 aliphatic heterocycles. The summed E-state index contributed by atoms with van der Waals surface area (Å²) in [5.74, 6) is 0.112. The van der Waals surface area contributed by atoms with Crippen molar-refractivity contribution in [3.8, 4) is 5.75 Å². The number of ether oxygens (including phenoxy) is 1. The number of hydrogen-bond acceptors (Lipinski definition) is 3. The molecule has 0 aliphatic rings. The van der Waals surface area contributed by atoms with E-state index < -0.39 is 12.0 Å². The van der Waals surface area contributed by atoms with E-state index >= 15 is 0 Å². The number of carbonyl (C=O) groups is 1. The predicted molar refractivity (Wildman–Crippen MR) is 52.9 cm³/mol. The van der Waals surface area contributed by atoms with Gasteiger partial charge in [0.15, 0.2) is 0 Å². The molecule has 1 aromatic carbocycles. The Bertz CT molecular complexity index is 262. The van der Waals surface area contributed by atoms with E-state index in [0.717, 1.165) is 0 Å². The van der Waals surface area contributed by atoms with E-state index in [-0.39, 0.29) is 29.6 Å². The Morgan fingerprint density at radius 2 is 1.92 bits per heavy atom. The predicted octanol–water partition coefficient (Wildman–Crippen LogP) is 0.291. The maximum absolute atomic E-state index is 11.0. The van der Waals surface area contributed by atoms with Crippen molar-refractivity contribution >= 4 is 35.5 Å². The summed E-state index contributed by atoms with van der Waals surface area (Å²) in [5, 5.41) is 0. The van der Waals surface area contributed by atoms with Gasteiger partial charge in [-0.2, -0.15) is 0 Å². The third-order valence-electron chi connectivity index (χ3n) is 1.33. The van der Waals surface area contributed by atoms with Crippen LogP contribution in [0.25, 0.3) is 0 Å². The first-order valence-corrected chi connectivity index (χ1v) is 3.72. The fourth-order valence-corrected chi connectivity index (χ4v) is 0.698. The van der Waals surface area contributed by atoms with Crippen LogP contribution in [-0.2, 0) is 4.79 Å². The quantitative estimate of drug-likeness (QED) is 0.413. The van der Waals surface area contributed by atoms with Crippen LogP contribution in [0, 0.1) is 0 Å². The Kier molecular flexibility index (Phi) is 5.99. The summed E-state index contributed by atoms with van der Waals surface area (Å²) in [7, 11) is 0. The Morgan fingerprint density at radius 3 is 2.38 bits per heavy atom. The van der Waals surface area contributed by atoms with Crippen molar-refractivity contribution in [1.82, 2.24) is 0 Å². The number of carbonyl (C=O) groups excluding carboxylic acids is 1. The van der Waals surface area contributed by atoms with Crippen LogP contribution in [0.2, 0.25) is 0 Å². The molecule has 0 bridgehead atoms. The van der Waals surface area contributed by atoms with Crippen LogP contribution in [0.4, 0.5) is 0 Å². The molecule has 13 heavy (non-hydrogen) atoms. The van der Waals surface area contributed by atoms with E-state index in [2.05, 4.69) is 0 Å². The van der Waals surface area contributed by atoms with Crippen LogP contribution >= 0.6 is 0 Å². The molecule has 1 aromatic rings. The Morgan fingerprint density at radius 1 is 1.38 bits per heavy atom. The van der Waals surface area contributed by atoms with E-state index in [1.807, 2.05) is 6.07 Å². The van der Waals surface area contributed by atoms with Gasteiger partial charge in [0.2, 0.25) is 0 Å². The average molecular weight is 189 g/mol. The van der Waals surface area contributed by atoms with Crippen LogP contribution in [-0.4, -0.2) is 41.6 Å². The third kappa shape index (κ3) is 4.43. The van der Waals surface area contributed by atoms with E-state index in [1.54, 1.807) is 31.2 Å². The zero-order valence-corrected chi connectivity index (χ0v) is 6.86. The molecule has 0 radical (unpaired) electrons. The molecular formula is C9H12NNaO2. The second-order valence-corrected chi connectivity index (χ2v) is 2.52. The van der Waals surface area contributed by atoms with Crippen molar-refractivity contribution in [2.75, 3.05) is 0 Å². The molecule has 2 N–H and O–H groups in total. The minimum atomic E-state index is -0.579. The number of nitrogens with two attached hydrogens (primary N) is 1. The Balaban J connectivity index is 0.00000144. The molecule has 0 saturated carbocycles. The molecule has 1 rings (SSSR count). The third-order valence-corrected chi connectivity index (χ3v) is 1.33. The van der Waals surface area contributed by atoms with Gasteiger partial charge in [-0.05, 0) is 19.1 Å². The minimum absolute atomic E-state index is 0. The summed E-state index contributed by atoms with van der Waals surface area (Å²) in [6.45, 7) is 1.59. The number of rotatable bonds is 2. The Labute approximate surface area is 99.6 Å². The zero-order chi connectivity index (χ0) is 8.97. The van der Waals surface area contributed by atoms with Gasteiger partial charge in [-0.3, -0.25) is 0 Å². The number of hydrogen-bond donors (Lipinski definition) is 1. The molecule has 0 fully saturated rings. The van der Waals surface area contributed by atoms with Crippen molar-refractivity contribution in [1.29, 1.82) is 0 Å². The second-order valence-electron chi connectivity index (χ2n) is 2.52. The Hall–Kier alpha value is -0.350. The number of para-hydroxylation sites is 1. The molecule has 1 atom stereocenters. The van der Waals surface area contributed by atoms with Gasteiger partial charge in [-0.25, -0.2) is 4.79 Å². The molecule has 0 heterocycles. The second kappa shape index (κ2) is 6.16. The summed E-state index contributed by atoms with van der Waals surface area (Å²) in [5.41, 5.74) is 5.31. The van der Waals surface area contributed by atoms with Gasteiger partial charge in [0, 0.05) is 0 Å². The fraction of sp³-hybridized carbons (Fsp3) is 0.222. The van der Waals surface area contributed by atoms with Crippen molar-refractivity contribution in [2.45, 2.75) is 13.0 Å². The van der Waals surface area contributed by atoms with Crippen molar-refractivity contribution in [2.24, 2.45) is 5.73 Å². The molecule has 0 amide bonds. The fourth-order valence-electron chi connectivity index (χ4n) is 0.698. The molecule has 0 aliphatic carbocycles. The summed E-state index contributed by atoms with van der Waals surface area (Å²) in [6, 6.07) is 8.28. The standard InChI is InChI=1S/C9H11NO2.Na.H/c1-7(10)9(11)12-8-5-3-2-4-6-8;;/h2-7H,10H2,1H3;;/t7-;;/m0../s1. The molecule has 0 unspecified atom stereocenters. The summed E-state index contributed by atoms with van der Waals surface area (Å²) < 4.78 is 4.91. The molecule has 4 heteroatoms. The summed E-state index contributed by atoms with van der Waals surface area (Å²) >= 11 is 0. The first kappa shape index (κ1) is 12.7. The van der Waals surface area contributed by atoms with Gasteiger partial charge >= 0.3 is 35.5 Å². The zero-order valence-electron chi connectivity index (χ0n) is 6.86. The molecule has 0 saturated heterocycles. The van der Waals surface area contributed by atoms with Gasteiger partial charge in [0.1, 0.15) is 11.8 Å². The van der Waals surface area contributed by atoms with E-state index in [4.69, 9.17) is 10.5 Å². The van der Waals surface area contributed by atoms with Crippen molar-refractivity contribution in [3.63, 3.8) is 0 Å². The first-order valence-electron chi connectivity index (χ1n) is 3.72. The van der Waals surface area contributed by atoms with Crippen molar-refractivity contribution in [3.05, 3.63) is 30.3 Å². The topological polar surface area (TPSA) is 52.3 Å². The van der Waals surface area contributed by atoms with Gasteiger partial charge in [0.25, 0.3) is 0 Å². The molecule has 0 spiro atoms. The van der Waals surface area contributed by atoms with Crippen LogP contribution in [0.5, 0.6) is 5.75 Å². The monoisotopic (exact) mass is 189 g/mol. The van der Waals surface area contributed by atoms with Crippen LogP contribution in [0.1, 0.15) is 6.92 Å². The normalized spacial score (nSPS) is 11.2. The van der Waals surface area contributed by atoms with E-state index in [9.17, 15) is 4.79 Å². The van der Waals surface area contributed by atoms with E-state index in [0.29, 0.717) is 5.75 Å². The first-order chi connectivity index (χ1) is 5.70. The van der Waals surface area contributed by atoms with Gasteiger partial charge in [-0.1, -0.05) is 18.2 Å². The SMILES string of the molecule is C[C@H](N)C(=O)Oc1ccccc1.[NaH].